The molecule has 0 spiro atoms. The minimum absolute atomic E-state index is 0.194. The summed E-state index contributed by atoms with van der Waals surface area (Å²) in [7, 11) is 0.509. The summed E-state index contributed by atoms with van der Waals surface area (Å²) in [6, 6.07) is 0. The molecule has 0 amide bonds. The largest absolute Gasteiger partial charge is 0.477 e. The fourth-order valence-electron chi connectivity index (χ4n) is 1.39. The van der Waals surface area contributed by atoms with Crippen molar-refractivity contribution in [3.63, 3.8) is 0 Å². The lowest BCUT2D eigenvalue weighted by atomic mass is 10.1. The molecule has 1 aromatic rings. The van der Waals surface area contributed by atoms with Gasteiger partial charge < -0.3 is 5.11 Å². The normalized spacial score (nSPS) is 13.7. The zero-order valence-corrected chi connectivity index (χ0v) is 9.27. The van der Waals surface area contributed by atoms with Crippen LogP contribution in [0.4, 0.5) is 35.1 Å². The molecule has 0 fully saturated rings. The van der Waals surface area contributed by atoms with Gasteiger partial charge in [-0.2, -0.15) is 40.2 Å². The molecule has 12 heteroatoms. The minimum atomic E-state index is -6.35. The van der Waals surface area contributed by atoms with Gasteiger partial charge in [0.2, 0.25) is 0 Å². The Balaban J connectivity index is 3.75. The van der Waals surface area contributed by atoms with Crippen LogP contribution in [0.15, 0.2) is 0 Å². The lowest BCUT2D eigenvalue weighted by Gasteiger charge is -2.19. The zero-order valence-electron chi connectivity index (χ0n) is 9.27. The Hall–Kier alpha value is -1.88. The van der Waals surface area contributed by atoms with Crippen molar-refractivity contribution in [1.82, 2.24) is 9.78 Å². The van der Waals surface area contributed by atoms with Crippen molar-refractivity contribution in [2.45, 2.75) is 18.3 Å². The van der Waals surface area contributed by atoms with Crippen LogP contribution in [0.5, 0.6) is 0 Å². The number of alkyl halides is 8. The Morgan fingerprint density at radius 3 is 1.85 bits per heavy atom. The van der Waals surface area contributed by atoms with Crippen molar-refractivity contribution in [3.05, 3.63) is 17.0 Å². The molecule has 0 bridgehead atoms. The third-order valence-electron chi connectivity index (χ3n) is 2.19. The third kappa shape index (κ3) is 2.41. The molecule has 0 aliphatic heterocycles. The van der Waals surface area contributed by atoms with Gasteiger partial charge in [0.15, 0.2) is 11.4 Å². The first-order chi connectivity index (χ1) is 8.71. The molecule has 20 heavy (non-hydrogen) atoms. The van der Waals surface area contributed by atoms with Crippen LogP contribution in [-0.2, 0) is 19.1 Å². The van der Waals surface area contributed by atoms with Gasteiger partial charge in [0, 0.05) is 7.05 Å². The maximum Gasteiger partial charge on any atom is 0.459 e. The lowest BCUT2D eigenvalue weighted by molar-refractivity contribution is -0.292. The number of hydrogen-bond donors (Lipinski definition) is 1. The summed E-state index contributed by atoms with van der Waals surface area (Å²) < 4.78 is 99.9. The summed E-state index contributed by atoms with van der Waals surface area (Å²) in [5.74, 6) is -8.28. The second-order valence-electron chi connectivity index (χ2n) is 3.57. The van der Waals surface area contributed by atoms with Gasteiger partial charge in [-0.15, -0.1) is 0 Å². The fourth-order valence-corrected chi connectivity index (χ4v) is 1.39. The lowest BCUT2D eigenvalue weighted by Crippen LogP contribution is -2.36. The van der Waals surface area contributed by atoms with E-state index in [1.165, 1.54) is 0 Å². The number of carboxylic acid groups (broad SMARTS) is 1. The summed E-state index contributed by atoms with van der Waals surface area (Å²) >= 11 is 0. The van der Waals surface area contributed by atoms with Crippen LogP contribution < -0.4 is 0 Å². The number of aryl methyl sites for hydroxylation is 1. The highest BCUT2D eigenvalue weighted by atomic mass is 19.4. The first-order valence-electron chi connectivity index (χ1n) is 4.53. The zero-order chi connectivity index (χ0) is 16.1. The van der Waals surface area contributed by atoms with E-state index < -0.39 is 41.2 Å². The van der Waals surface area contributed by atoms with Gasteiger partial charge in [-0.1, -0.05) is 0 Å². The smallest absolute Gasteiger partial charge is 0.459 e. The van der Waals surface area contributed by atoms with E-state index in [1.54, 1.807) is 0 Å². The number of rotatable bonds is 2. The van der Waals surface area contributed by atoms with Gasteiger partial charge in [-0.05, 0) is 0 Å². The SMILES string of the molecule is Cn1nc(C(F)(F)C(F)(F)F)c(C(F)(F)F)c1C(=O)O. The molecule has 1 rings (SSSR count). The Labute approximate surface area is 104 Å². The third-order valence-corrected chi connectivity index (χ3v) is 2.19. The van der Waals surface area contributed by atoms with Crippen LogP contribution in [0, 0.1) is 0 Å². The van der Waals surface area contributed by atoms with Crippen molar-refractivity contribution < 1.29 is 45.0 Å². The molecule has 0 unspecified atom stereocenters. The number of halogens is 8. The molecular formula is C8H4F8N2O2. The van der Waals surface area contributed by atoms with Gasteiger partial charge in [0.1, 0.15) is 5.56 Å². The molecule has 114 valence electrons. The molecule has 1 N–H and O–H groups in total. The molecular weight excluding hydrogens is 308 g/mol. The number of nitrogens with zero attached hydrogens (tertiary/aromatic N) is 2. The van der Waals surface area contributed by atoms with Crippen LogP contribution in [-0.4, -0.2) is 27.0 Å². The Kier molecular flexibility index (Phi) is 3.49. The maximum atomic E-state index is 13.0. The summed E-state index contributed by atoms with van der Waals surface area (Å²) in [6.45, 7) is 0. The molecule has 4 nitrogen and oxygen atoms in total. The molecule has 0 aromatic carbocycles. The van der Waals surface area contributed by atoms with Gasteiger partial charge in [0.05, 0.1) is 0 Å². The van der Waals surface area contributed by atoms with Gasteiger partial charge in [-0.25, -0.2) is 4.79 Å². The first-order valence-corrected chi connectivity index (χ1v) is 4.53. The van der Waals surface area contributed by atoms with Gasteiger partial charge >= 0.3 is 24.2 Å². The second-order valence-corrected chi connectivity index (χ2v) is 3.57. The predicted molar refractivity (Wildman–Crippen MR) is 45.1 cm³/mol. The van der Waals surface area contributed by atoms with Gasteiger partial charge in [-0.3, -0.25) is 4.68 Å². The fraction of sp³-hybridized carbons (Fsp3) is 0.500. The van der Waals surface area contributed by atoms with E-state index >= 15 is 0 Å². The van der Waals surface area contributed by atoms with Crippen LogP contribution in [0.3, 0.4) is 0 Å². The number of aromatic carboxylic acids is 1. The summed E-state index contributed by atoms with van der Waals surface area (Å²) in [5, 5.41) is 10.9. The topological polar surface area (TPSA) is 55.1 Å². The average molecular weight is 312 g/mol. The van der Waals surface area contributed by atoms with Crippen LogP contribution in [0.1, 0.15) is 21.7 Å². The van der Waals surface area contributed by atoms with Crippen molar-refractivity contribution in [2.24, 2.45) is 7.05 Å². The Morgan fingerprint density at radius 2 is 1.55 bits per heavy atom. The average Bonchev–Trinajstić information content (AvgIpc) is 2.53. The van der Waals surface area contributed by atoms with E-state index in [2.05, 4.69) is 5.10 Å². The van der Waals surface area contributed by atoms with Crippen molar-refractivity contribution >= 4 is 5.97 Å². The highest BCUT2D eigenvalue weighted by Crippen LogP contribution is 2.48. The molecule has 0 aliphatic carbocycles. The van der Waals surface area contributed by atoms with Crippen LogP contribution >= 0.6 is 0 Å². The van der Waals surface area contributed by atoms with E-state index in [9.17, 15) is 39.9 Å². The monoisotopic (exact) mass is 312 g/mol. The highest BCUT2D eigenvalue weighted by molar-refractivity contribution is 5.88. The van der Waals surface area contributed by atoms with Crippen molar-refractivity contribution in [3.8, 4) is 0 Å². The van der Waals surface area contributed by atoms with E-state index in [-0.39, 0.29) is 4.68 Å². The molecule has 0 radical (unpaired) electrons. The first kappa shape index (κ1) is 16.2. The Bertz CT molecular complexity index is 542. The molecule has 1 aromatic heterocycles. The summed E-state index contributed by atoms with van der Waals surface area (Å²) in [4.78, 5) is 10.6. The quantitative estimate of drug-likeness (QED) is 0.854. The molecule has 1 heterocycles. The summed E-state index contributed by atoms with van der Waals surface area (Å²) in [5.41, 5.74) is -7.14. The second kappa shape index (κ2) is 4.31. The summed E-state index contributed by atoms with van der Waals surface area (Å²) in [6.07, 6.45) is -12.1. The maximum absolute atomic E-state index is 13.0. The standard InChI is InChI=1S/C8H4F8N2O2/c1-18-3(5(19)20)2(7(11,12)13)4(17-18)6(9,10)8(14,15)16/h1H3,(H,19,20). The van der Waals surface area contributed by atoms with E-state index in [1.807, 2.05) is 0 Å². The molecule has 0 atom stereocenters. The number of carboxylic acids is 1. The Morgan fingerprint density at radius 1 is 1.10 bits per heavy atom. The number of aromatic nitrogens is 2. The van der Waals surface area contributed by atoms with E-state index in [0.717, 1.165) is 0 Å². The van der Waals surface area contributed by atoms with Crippen LogP contribution in [0.25, 0.3) is 0 Å². The molecule has 0 aliphatic rings. The number of carbonyl (C=O) groups is 1. The van der Waals surface area contributed by atoms with Gasteiger partial charge in [0.25, 0.3) is 0 Å². The van der Waals surface area contributed by atoms with Crippen LogP contribution in [0.2, 0.25) is 0 Å². The van der Waals surface area contributed by atoms with Crippen molar-refractivity contribution in [1.29, 1.82) is 0 Å². The minimum Gasteiger partial charge on any atom is -0.477 e. The van der Waals surface area contributed by atoms with Crippen molar-refractivity contribution in [2.75, 3.05) is 0 Å². The predicted octanol–water partition coefficient (Wildman–Crippen LogP) is 2.79. The molecule has 0 saturated carbocycles. The van der Waals surface area contributed by atoms with E-state index in [0.29, 0.717) is 7.05 Å². The number of hydrogen-bond acceptors (Lipinski definition) is 2. The molecule has 0 saturated heterocycles. The van der Waals surface area contributed by atoms with E-state index in [4.69, 9.17) is 5.11 Å². The highest BCUT2D eigenvalue weighted by Gasteiger charge is 2.64.